The number of hydrogen-bond acceptors (Lipinski definition) is 8. The molecule has 0 aromatic rings. The van der Waals surface area contributed by atoms with Gasteiger partial charge < -0.3 is 28.5 Å². The number of esters is 2. The molecule has 0 unspecified atom stereocenters. The Kier molecular flexibility index (Phi) is 12.7. The highest BCUT2D eigenvalue weighted by atomic mass is 79.9. The van der Waals surface area contributed by atoms with Crippen LogP contribution in [0, 0.1) is 5.92 Å². The van der Waals surface area contributed by atoms with Gasteiger partial charge >= 0.3 is 11.9 Å². The van der Waals surface area contributed by atoms with Crippen LogP contribution in [0.1, 0.15) is 55.9 Å². The van der Waals surface area contributed by atoms with E-state index < -0.39 is 59.4 Å². The minimum atomic E-state index is -2.51. The van der Waals surface area contributed by atoms with E-state index in [4.69, 9.17) is 23.7 Å². The molecular weight excluding hydrogens is 630 g/mol. The van der Waals surface area contributed by atoms with E-state index in [9.17, 15) is 14.0 Å². The van der Waals surface area contributed by atoms with Gasteiger partial charge in [-0.25, -0.2) is 18.4 Å². The lowest BCUT2D eigenvalue weighted by Crippen LogP contribution is -2.57. The number of carbonyl (C=O) groups excluding carboxylic acids is 2. The van der Waals surface area contributed by atoms with Crippen molar-refractivity contribution in [2.24, 2.45) is 5.92 Å². The van der Waals surface area contributed by atoms with Crippen LogP contribution in [0.15, 0.2) is 0 Å². The summed E-state index contributed by atoms with van der Waals surface area (Å²) in [6.45, 7) is 16.6. The van der Waals surface area contributed by atoms with Gasteiger partial charge in [-0.05, 0) is 70.8 Å². The Bertz CT molecular complexity index is 759. The van der Waals surface area contributed by atoms with Crippen LogP contribution in [-0.4, -0.2) is 78.4 Å². The van der Waals surface area contributed by atoms with Crippen molar-refractivity contribution in [3.05, 3.63) is 0 Å². The van der Waals surface area contributed by atoms with E-state index in [1.807, 2.05) is 33.9 Å². The molecule has 0 saturated carbocycles. The van der Waals surface area contributed by atoms with Crippen molar-refractivity contribution in [2.75, 3.05) is 19.8 Å². The van der Waals surface area contributed by atoms with Gasteiger partial charge in [-0.15, -0.1) is 0 Å². The summed E-state index contributed by atoms with van der Waals surface area (Å²) in [5.74, 6) is -3.47. The van der Waals surface area contributed by atoms with Crippen LogP contribution in [0.2, 0.25) is 18.1 Å². The molecule has 0 aromatic heterocycles. The molecule has 0 radical (unpaired) electrons. The number of aliphatic hydroxyl groups excluding tert-OH is 1. The van der Waals surface area contributed by atoms with Crippen molar-refractivity contribution in [1.82, 2.24) is 0 Å². The van der Waals surface area contributed by atoms with Crippen molar-refractivity contribution in [3.63, 3.8) is 0 Å². The number of hydrogen-bond donors (Lipinski definition) is 1. The van der Waals surface area contributed by atoms with Crippen LogP contribution in [0.4, 0.5) is 8.78 Å². The van der Waals surface area contributed by atoms with Gasteiger partial charge in [0.05, 0.1) is 25.7 Å². The molecule has 0 aliphatic carbocycles. The summed E-state index contributed by atoms with van der Waals surface area (Å²) in [4.78, 5) is 22.9. The number of alkyl halides is 4. The van der Waals surface area contributed by atoms with Crippen LogP contribution < -0.4 is 0 Å². The summed E-state index contributed by atoms with van der Waals surface area (Å²) in [7, 11) is -2.37. The number of cyclic esters (lactones) is 1. The number of aliphatic hydroxyl groups is 1. The smallest absolute Gasteiger partial charge is 0.358 e. The van der Waals surface area contributed by atoms with Crippen LogP contribution in [0.25, 0.3) is 0 Å². The zero-order valence-electron chi connectivity index (χ0n) is 21.7. The minimum absolute atomic E-state index is 0. The van der Waals surface area contributed by atoms with Crippen LogP contribution in [-0.2, 0) is 33.0 Å². The van der Waals surface area contributed by atoms with E-state index >= 15 is 4.39 Å². The number of rotatable bonds is 7. The van der Waals surface area contributed by atoms with Gasteiger partial charge in [0, 0.05) is 0 Å². The Morgan fingerprint density at radius 2 is 1.86 bits per heavy atom. The van der Waals surface area contributed by atoms with Gasteiger partial charge in [0.25, 0.3) is 9.16 Å². The lowest BCUT2D eigenvalue weighted by molar-refractivity contribution is -0.171. The molecule has 2 aliphatic rings. The second-order valence-corrected chi connectivity index (χ2v) is 17.6. The second kappa shape index (κ2) is 12.8. The first-order chi connectivity index (χ1) is 15.6. The molecule has 214 valence electrons. The standard InChI is InChI=1S/C16H30BrFO5Si.C6H8BrFO3.CH4/c1-9-20-13(19)16(17,18)12(11-10-21-15(5,6)22-11)23-24(7,8)14(2,3)4;1-3-4(2-9)11-5(10)6(3,7)8;/h11-12H,9-10H2,1-8H3;3-4,9H,2H2,1H3;1H4/t11-,12-,16-;3-,4-,6-;/m11./s1. The number of ether oxygens (including phenoxy) is 4. The van der Waals surface area contributed by atoms with Gasteiger partial charge in [-0.1, -0.05) is 35.1 Å². The Morgan fingerprint density at radius 3 is 2.17 bits per heavy atom. The maximum absolute atomic E-state index is 15.4. The third kappa shape index (κ3) is 8.41. The summed E-state index contributed by atoms with van der Waals surface area (Å²) in [6, 6.07) is 0. The Hall–Kier alpha value is -0.183. The van der Waals surface area contributed by atoms with Crippen LogP contribution in [0.3, 0.4) is 0 Å². The third-order valence-electron chi connectivity index (χ3n) is 6.34. The van der Waals surface area contributed by atoms with Crippen molar-refractivity contribution in [1.29, 1.82) is 0 Å². The number of halogens is 4. The highest BCUT2D eigenvalue weighted by molar-refractivity contribution is 9.10. The molecule has 2 heterocycles. The normalized spacial score (nSPS) is 30.3. The topological polar surface area (TPSA) is 101 Å². The SMILES string of the molecule is C.CCOC(=O)[C@@](F)(Br)[C@H](O[Si](C)(C)C(C)(C)C)[C@H]1COC(C)(C)O1.C[C@@H]1[C@@H](CO)OC(=O)[C@@]1(F)Br. The first kappa shape index (κ1) is 35.8. The fraction of sp³-hybridized carbons (Fsp3) is 0.913. The van der Waals surface area contributed by atoms with E-state index in [2.05, 4.69) is 36.6 Å². The molecule has 0 bridgehead atoms. The van der Waals surface area contributed by atoms with Gasteiger partial charge in [-0.2, -0.15) is 0 Å². The number of carbonyl (C=O) groups is 2. The van der Waals surface area contributed by atoms with Gasteiger partial charge in [0.1, 0.15) is 18.3 Å². The highest BCUT2D eigenvalue weighted by Crippen LogP contribution is 2.43. The van der Waals surface area contributed by atoms with Crippen molar-refractivity contribution in [3.8, 4) is 0 Å². The van der Waals surface area contributed by atoms with E-state index in [1.165, 1.54) is 6.92 Å². The van der Waals surface area contributed by atoms with Crippen molar-refractivity contribution >= 4 is 52.1 Å². The molecule has 13 heteroatoms. The summed E-state index contributed by atoms with van der Waals surface area (Å²) >= 11 is 5.50. The monoisotopic (exact) mass is 670 g/mol. The molecule has 1 N–H and O–H groups in total. The fourth-order valence-electron chi connectivity index (χ4n) is 3.02. The van der Waals surface area contributed by atoms with Crippen LogP contribution >= 0.6 is 31.9 Å². The molecule has 2 aliphatic heterocycles. The van der Waals surface area contributed by atoms with Gasteiger partial charge in [0.2, 0.25) is 0 Å². The molecule has 2 rings (SSSR count). The fourth-order valence-corrected chi connectivity index (χ4v) is 5.38. The largest absolute Gasteiger partial charge is 0.463 e. The summed E-state index contributed by atoms with van der Waals surface area (Å²) in [5, 5.41) is 8.47. The Labute approximate surface area is 231 Å². The summed E-state index contributed by atoms with van der Waals surface area (Å²) in [6.07, 6.45) is -2.62. The first-order valence-electron chi connectivity index (χ1n) is 11.4. The minimum Gasteiger partial charge on any atom is -0.463 e. The summed E-state index contributed by atoms with van der Waals surface area (Å²) in [5.41, 5.74) is 0. The molecule has 6 atom stereocenters. The van der Waals surface area contributed by atoms with Gasteiger partial charge in [0.15, 0.2) is 14.1 Å². The first-order valence-corrected chi connectivity index (χ1v) is 15.9. The Balaban J connectivity index is 0.000000854. The predicted octanol–water partition coefficient (Wildman–Crippen LogP) is 5.39. The highest BCUT2D eigenvalue weighted by Gasteiger charge is 2.57. The molecule has 2 saturated heterocycles. The average molecular weight is 672 g/mol. The van der Waals surface area contributed by atoms with E-state index in [1.54, 1.807) is 20.8 Å². The van der Waals surface area contributed by atoms with E-state index in [-0.39, 0.29) is 32.3 Å². The molecular formula is C23H42Br2F2O8Si. The van der Waals surface area contributed by atoms with Crippen molar-refractivity contribution < 1.29 is 46.8 Å². The summed E-state index contributed by atoms with van der Waals surface area (Å²) < 4.78 is 50.8. The Morgan fingerprint density at radius 1 is 1.33 bits per heavy atom. The predicted molar refractivity (Wildman–Crippen MR) is 142 cm³/mol. The average Bonchev–Trinajstić information content (AvgIpc) is 3.16. The molecule has 36 heavy (non-hydrogen) atoms. The third-order valence-corrected chi connectivity index (χ3v) is 12.6. The lowest BCUT2D eigenvalue weighted by Gasteiger charge is -2.42. The molecule has 0 amide bonds. The maximum Gasteiger partial charge on any atom is 0.358 e. The van der Waals surface area contributed by atoms with E-state index in [0.717, 1.165) is 0 Å². The molecule has 2 fully saturated rings. The maximum atomic E-state index is 15.4. The molecule has 0 spiro atoms. The second-order valence-electron chi connectivity index (χ2n) is 10.5. The zero-order chi connectivity index (χ0) is 27.6. The molecule has 0 aromatic carbocycles. The van der Waals surface area contributed by atoms with Crippen LogP contribution in [0.5, 0.6) is 0 Å². The van der Waals surface area contributed by atoms with Crippen molar-refractivity contribution in [2.45, 2.75) is 107 Å². The van der Waals surface area contributed by atoms with Gasteiger partial charge in [-0.3, -0.25) is 0 Å². The zero-order valence-corrected chi connectivity index (χ0v) is 25.9. The molecule has 8 nitrogen and oxygen atoms in total. The lowest BCUT2D eigenvalue weighted by atomic mass is 10.0. The van der Waals surface area contributed by atoms with E-state index in [0.29, 0.717) is 0 Å². The quantitative estimate of drug-likeness (QED) is 0.219.